The summed E-state index contributed by atoms with van der Waals surface area (Å²) < 4.78 is 15.7. The van der Waals surface area contributed by atoms with Crippen LogP contribution in [0.15, 0.2) is 46.9 Å². The van der Waals surface area contributed by atoms with Gasteiger partial charge in [-0.25, -0.2) is 9.07 Å². The van der Waals surface area contributed by atoms with Crippen LogP contribution in [0.2, 0.25) is 0 Å². The molecular weight excluding hydrogens is 429 g/mol. The topological polar surface area (TPSA) is 88.9 Å². The van der Waals surface area contributed by atoms with Crippen molar-refractivity contribution in [2.75, 3.05) is 10.6 Å². The maximum absolute atomic E-state index is 13.6. The van der Waals surface area contributed by atoms with Crippen molar-refractivity contribution >= 4 is 39.1 Å². The maximum Gasteiger partial charge on any atom is 0.278 e. The molecule has 0 saturated heterocycles. The van der Waals surface area contributed by atoms with Gasteiger partial charge in [-0.15, -0.1) is 5.10 Å². The Morgan fingerprint density at radius 2 is 1.89 bits per heavy atom. The van der Waals surface area contributed by atoms with Gasteiger partial charge in [-0.3, -0.25) is 9.59 Å². The molecule has 0 aliphatic rings. The molecule has 0 fully saturated rings. The van der Waals surface area contributed by atoms with Crippen molar-refractivity contribution in [1.82, 2.24) is 15.0 Å². The highest BCUT2D eigenvalue weighted by Gasteiger charge is 2.18. The van der Waals surface area contributed by atoms with Crippen LogP contribution in [0.25, 0.3) is 0 Å². The summed E-state index contributed by atoms with van der Waals surface area (Å²) >= 11 is 3.36. The van der Waals surface area contributed by atoms with Gasteiger partial charge in [0, 0.05) is 10.2 Å². The zero-order chi connectivity index (χ0) is 20.3. The van der Waals surface area contributed by atoms with Crippen molar-refractivity contribution in [2.24, 2.45) is 0 Å². The first kappa shape index (κ1) is 19.7. The van der Waals surface area contributed by atoms with Crippen LogP contribution >= 0.6 is 15.9 Å². The largest absolute Gasteiger partial charge is 0.323 e. The Morgan fingerprint density at radius 1 is 1.14 bits per heavy atom. The second-order valence-corrected chi connectivity index (χ2v) is 6.98. The van der Waals surface area contributed by atoms with Crippen LogP contribution in [0.4, 0.5) is 15.8 Å². The van der Waals surface area contributed by atoms with Gasteiger partial charge in [-0.05, 0) is 59.6 Å². The average Bonchev–Trinajstić information content (AvgIpc) is 3.01. The number of aryl methyl sites for hydroxylation is 1. The van der Waals surface area contributed by atoms with Gasteiger partial charge < -0.3 is 10.6 Å². The molecule has 2 amide bonds. The number of aromatic nitrogens is 3. The molecule has 0 aliphatic carbocycles. The Hall–Kier alpha value is -3.07. The first-order valence-electron chi connectivity index (χ1n) is 8.37. The van der Waals surface area contributed by atoms with Crippen LogP contribution in [0.3, 0.4) is 0 Å². The average molecular weight is 446 g/mol. The van der Waals surface area contributed by atoms with Gasteiger partial charge in [-0.2, -0.15) is 0 Å². The number of anilines is 2. The fraction of sp³-hybridized carbons (Fsp3) is 0.158. The van der Waals surface area contributed by atoms with E-state index in [1.54, 1.807) is 38.1 Å². The van der Waals surface area contributed by atoms with E-state index in [2.05, 4.69) is 36.9 Å². The number of hydrogen-bond acceptors (Lipinski definition) is 4. The summed E-state index contributed by atoms with van der Waals surface area (Å²) in [6, 6.07) is 11.6. The van der Waals surface area contributed by atoms with E-state index < -0.39 is 11.7 Å². The molecule has 9 heteroatoms. The molecule has 3 aromatic rings. The minimum Gasteiger partial charge on any atom is -0.323 e. The number of carbonyl (C=O) groups is 2. The third kappa shape index (κ3) is 4.42. The number of rotatable bonds is 5. The van der Waals surface area contributed by atoms with Crippen molar-refractivity contribution in [1.29, 1.82) is 0 Å². The van der Waals surface area contributed by atoms with Crippen molar-refractivity contribution in [3.8, 4) is 0 Å². The molecule has 28 heavy (non-hydrogen) atoms. The Morgan fingerprint density at radius 3 is 2.61 bits per heavy atom. The molecule has 0 saturated carbocycles. The van der Waals surface area contributed by atoms with Crippen LogP contribution in [0.5, 0.6) is 0 Å². The second kappa shape index (κ2) is 8.30. The number of nitrogens with zero attached hydrogens (tertiary/aromatic N) is 3. The molecule has 144 valence electrons. The Kier molecular flexibility index (Phi) is 5.84. The minimum atomic E-state index is -0.529. The molecule has 3 rings (SSSR count). The molecule has 0 unspecified atom stereocenters. The Labute approximate surface area is 169 Å². The molecule has 0 atom stereocenters. The SMILES string of the molecule is Cc1ccc(NC(=O)c2nnn(CC(=O)Nc3ccccc3Br)c2C)cc1F. The van der Waals surface area contributed by atoms with E-state index in [-0.39, 0.29) is 18.1 Å². The summed E-state index contributed by atoms with van der Waals surface area (Å²) in [5.41, 5.74) is 1.91. The number of para-hydroxylation sites is 1. The molecule has 0 aliphatic heterocycles. The van der Waals surface area contributed by atoms with E-state index in [4.69, 9.17) is 0 Å². The van der Waals surface area contributed by atoms with Gasteiger partial charge in [-0.1, -0.05) is 23.4 Å². The van der Waals surface area contributed by atoms with E-state index >= 15 is 0 Å². The van der Waals surface area contributed by atoms with Crippen molar-refractivity contribution in [3.63, 3.8) is 0 Å². The summed E-state index contributed by atoms with van der Waals surface area (Å²) in [5, 5.41) is 13.1. The molecule has 2 aromatic carbocycles. The number of hydrogen-bond donors (Lipinski definition) is 2. The lowest BCUT2D eigenvalue weighted by atomic mass is 10.2. The fourth-order valence-electron chi connectivity index (χ4n) is 2.47. The molecule has 0 radical (unpaired) electrons. The number of carbonyl (C=O) groups excluding carboxylic acids is 2. The zero-order valence-electron chi connectivity index (χ0n) is 15.2. The van der Waals surface area contributed by atoms with Crippen LogP contribution in [-0.4, -0.2) is 26.8 Å². The third-order valence-corrected chi connectivity index (χ3v) is 4.76. The normalized spacial score (nSPS) is 10.6. The van der Waals surface area contributed by atoms with Gasteiger partial charge in [0.05, 0.1) is 11.4 Å². The molecule has 2 N–H and O–H groups in total. The first-order chi connectivity index (χ1) is 13.3. The summed E-state index contributed by atoms with van der Waals surface area (Å²) in [6.45, 7) is 3.17. The van der Waals surface area contributed by atoms with Gasteiger partial charge in [0.1, 0.15) is 12.4 Å². The highest BCUT2D eigenvalue weighted by atomic mass is 79.9. The number of amides is 2. The summed E-state index contributed by atoms with van der Waals surface area (Å²) in [5.74, 6) is -1.26. The van der Waals surface area contributed by atoms with E-state index in [0.29, 0.717) is 22.6 Å². The van der Waals surface area contributed by atoms with Crippen LogP contribution < -0.4 is 10.6 Å². The smallest absolute Gasteiger partial charge is 0.278 e. The molecule has 1 aromatic heterocycles. The number of nitrogens with one attached hydrogen (secondary N) is 2. The summed E-state index contributed by atoms with van der Waals surface area (Å²) in [7, 11) is 0. The summed E-state index contributed by atoms with van der Waals surface area (Å²) in [4.78, 5) is 24.7. The van der Waals surface area contributed by atoms with E-state index in [1.165, 1.54) is 10.7 Å². The second-order valence-electron chi connectivity index (χ2n) is 6.13. The van der Waals surface area contributed by atoms with E-state index in [1.807, 2.05) is 12.1 Å². The highest BCUT2D eigenvalue weighted by Crippen LogP contribution is 2.21. The van der Waals surface area contributed by atoms with Crippen LogP contribution in [0.1, 0.15) is 21.7 Å². The number of halogens is 2. The summed E-state index contributed by atoms with van der Waals surface area (Å²) in [6.07, 6.45) is 0. The third-order valence-electron chi connectivity index (χ3n) is 4.07. The Bertz CT molecular complexity index is 1050. The fourth-order valence-corrected chi connectivity index (χ4v) is 2.85. The maximum atomic E-state index is 13.6. The van der Waals surface area contributed by atoms with Crippen molar-refractivity contribution < 1.29 is 14.0 Å². The quantitative estimate of drug-likeness (QED) is 0.626. The minimum absolute atomic E-state index is 0.0645. The van der Waals surface area contributed by atoms with Crippen LogP contribution in [0, 0.1) is 19.7 Å². The zero-order valence-corrected chi connectivity index (χ0v) is 16.7. The molecular formula is C19H17BrFN5O2. The Balaban J connectivity index is 1.69. The van der Waals surface area contributed by atoms with E-state index in [9.17, 15) is 14.0 Å². The highest BCUT2D eigenvalue weighted by molar-refractivity contribution is 9.10. The lowest BCUT2D eigenvalue weighted by Crippen LogP contribution is -2.21. The monoisotopic (exact) mass is 445 g/mol. The first-order valence-corrected chi connectivity index (χ1v) is 9.16. The predicted molar refractivity (Wildman–Crippen MR) is 107 cm³/mol. The van der Waals surface area contributed by atoms with Gasteiger partial charge >= 0.3 is 0 Å². The molecule has 7 nitrogen and oxygen atoms in total. The van der Waals surface area contributed by atoms with Crippen molar-refractivity contribution in [3.05, 3.63) is 69.7 Å². The lowest BCUT2D eigenvalue weighted by Gasteiger charge is -2.08. The standard InChI is InChI=1S/C19H17BrFN5O2/c1-11-7-8-13(9-15(11)21)22-19(28)18-12(2)26(25-24-18)10-17(27)23-16-6-4-3-5-14(16)20/h3-9H,10H2,1-2H3,(H,22,28)(H,23,27). The molecule has 0 spiro atoms. The van der Waals surface area contributed by atoms with Crippen LogP contribution in [-0.2, 0) is 11.3 Å². The van der Waals surface area contributed by atoms with E-state index in [0.717, 1.165) is 4.47 Å². The van der Waals surface area contributed by atoms with Gasteiger partial charge in [0.25, 0.3) is 5.91 Å². The predicted octanol–water partition coefficient (Wildman–Crippen LogP) is 3.69. The number of benzene rings is 2. The van der Waals surface area contributed by atoms with Gasteiger partial charge in [0.15, 0.2) is 5.69 Å². The van der Waals surface area contributed by atoms with Gasteiger partial charge in [0.2, 0.25) is 5.91 Å². The molecule has 0 bridgehead atoms. The molecule has 1 heterocycles. The van der Waals surface area contributed by atoms with Crippen molar-refractivity contribution in [2.45, 2.75) is 20.4 Å². The lowest BCUT2D eigenvalue weighted by molar-refractivity contribution is -0.117.